The summed E-state index contributed by atoms with van der Waals surface area (Å²) in [6.45, 7) is 5.40. The van der Waals surface area contributed by atoms with E-state index in [4.69, 9.17) is 5.11 Å². The third-order valence-corrected chi connectivity index (χ3v) is 4.07. The van der Waals surface area contributed by atoms with Gasteiger partial charge < -0.3 is 10.0 Å². The highest BCUT2D eigenvalue weighted by Gasteiger charge is 2.34. The van der Waals surface area contributed by atoms with Gasteiger partial charge in [-0.25, -0.2) is 0 Å². The highest BCUT2D eigenvalue weighted by Crippen LogP contribution is 2.28. The highest BCUT2D eigenvalue weighted by molar-refractivity contribution is 5.84. The van der Waals surface area contributed by atoms with Gasteiger partial charge in [0.15, 0.2) is 0 Å². The lowest BCUT2D eigenvalue weighted by molar-refractivity contribution is -0.150. The number of benzene rings is 1. The molecular weight excluding hydrogens is 266 g/mol. The van der Waals surface area contributed by atoms with Gasteiger partial charge in [0.25, 0.3) is 0 Å². The normalized spacial score (nSPS) is 18.0. The SMILES string of the molecule is CC(C)(C)N(CC(=O)O)C(=O)C1CCc2ccccc2C1. The van der Waals surface area contributed by atoms with Gasteiger partial charge in [-0.2, -0.15) is 0 Å². The zero-order valence-electron chi connectivity index (χ0n) is 12.9. The fourth-order valence-electron chi connectivity index (χ4n) is 2.91. The van der Waals surface area contributed by atoms with E-state index in [9.17, 15) is 9.59 Å². The fraction of sp³-hybridized carbons (Fsp3) is 0.529. The molecule has 0 saturated carbocycles. The van der Waals surface area contributed by atoms with Crippen LogP contribution in [0.4, 0.5) is 0 Å². The number of carbonyl (C=O) groups excluding carboxylic acids is 1. The summed E-state index contributed by atoms with van der Waals surface area (Å²) in [6, 6.07) is 8.18. The Hall–Kier alpha value is -1.84. The van der Waals surface area contributed by atoms with Crippen molar-refractivity contribution in [2.45, 2.75) is 45.6 Å². The Bertz CT molecular complexity index is 545. The molecular formula is C17H23NO3. The van der Waals surface area contributed by atoms with E-state index in [1.54, 1.807) is 0 Å². The van der Waals surface area contributed by atoms with Crippen molar-refractivity contribution >= 4 is 11.9 Å². The Kier molecular flexibility index (Phi) is 4.35. The van der Waals surface area contributed by atoms with E-state index in [1.165, 1.54) is 16.0 Å². The largest absolute Gasteiger partial charge is 0.480 e. The van der Waals surface area contributed by atoms with Crippen molar-refractivity contribution in [2.75, 3.05) is 6.54 Å². The van der Waals surface area contributed by atoms with Crippen LogP contribution in [-0.4, -0.2) is 34.0 Å². The van der Waals surface area contributed by atoms with Crippen LogP contribution in [0.2, 0.25) is 0 Å². The van der Waals surface area contributed by atoms with Crippen molar-refractivity contribution in [1.82, 2.24) is 4.90 Å². The predicted molar refractivity (Wildman–Crippen MR) is 81.1 cm³/mol. The number of amides is 1. The summed E-state index contributed by atoms with van der Waals surface area (Å²) in [5.74, 6) is -1.12. The summed E-state index contributed by atoms with van der Waals surface area (Å²) in [7, 11) is 0. The van der Waals surface area contributed by atoms with Crippen molar-refractivity contribution in [1.29, 1.82) is 0 Å². The first kappa shape index (κ1) is 15.5. The smallest absolute Gasteiger partial charge is 0.323 e. The van der Waals surface area contributed by atoms with E-state index in [2.05, 4.69) is 12.1 Å². The second kappa shape index (κ2) is 5.88. The van der Waals surface area contributed by atoms with Gasteiger partial charge in [0.2, 0.25) is 5.91 Å². The van der Waals surface area contributed by atoms with Crippen LogP contribution in [0.1, 0.15) is 38.3 Å². The van der Waals surface area contributed by atoms with Gasteiger partial charge in [-0.3, -0.25) is 9.59 Å². The summed E-state index contributed by atoms with van der Waals surface area (Å²) in [5.41, 5.74) is 2.04. The van der Waals surface area contributed by atoms with Crippen LogP contribution < -0.4 is 0 Å². The molecule has 1 amide bonds. The minimum Gasteiger partial charge on any atom is -0.480 e. The molecule has 1 aliphatic rings. The lowest BCUT2D eigenvalue weighted by Crippen LogP contribution is -2.51. The van der Waals surface area contributed by atoms with Crippen molar-refractivity contribution in [3.05, 3.63) is 35.4 Å². The van der Waals surface area contributed by atoms with Gasteiger partial charge in [0.1, 0.15) is 6.54 Å². The topological polar surface area (TPSA) is 57.6 Å². The number of rotatable bonds is 3. The second-order valence-electron chi connectivity index (χ2n) is 6.70. The molecule has 4 heteroatoms. The summed E-state index contributed by atoms with van der Waals surface area (Å²) in [6.07, 6.45) is 2.39. The zero-order valence-corrected chi connectivity index (χ0v) is 12.9. The number of carboxylic acid groups (broad SMARTS) is 1. The van der Waals surface area contributed by atoms with Gasteiger partial charge in [0.05, 0.1) is 0 Å². The van der Waals surface area contributed by atoms with Crippen molar-refractivity contribution in [3.8, 4) is 0 Å². The maximum Gasteiger partial charge on any atom is 0.323 e. The Balaban J connectivity index is 2.17. The highest BCUT2D eigenvalue weighted by atomic mass is 16.4. The van der Waals surface area contributed by atoms with Gasteiger partial charge >= 0.3 is 5.97 Å². The molecule has 0 spiro atoms. The number of aryl methyl sites for hydroxylation is 1. The van der Waals surface area contributed by atoms with Crippen LogP contribution in [0.25, 0.3) is 0 Å². The maximum absolute atomic E-state index is 12.8. The number of hydrogen-bond acceptors (Lipinski definition) is 2. The van der Waals surface area contributed by atoms with Crippen LogP contribution >= 0.6 is 0 Å². The number of carboxylic acids is 1. The first-order chi connectivity index (χ1) is 9.79. The molecule has 21 heavy (non-hydrogen) atoms. The van der Waals surface area contributed by atoms with E-state index in [0.717, 1.165) is 12.8 Å². The van der Waals surface area contributed by atoms with Gasteiger partial charge in [-0.1, -0.05) is 24.3 Å². The molecule has 1 atom stereocenters. The molecule has 2 rings (SSSR count). The number of hydrogen-bond donors (Lipinski definition) is 1. The molecule has 0 radical (unpaired) electrons. The van der Waals surface area contributed by atoms with Crippen LogP contribution in [0.3, 0.4) is 0 Å². The first-order valence-corrected chi connectivity index (χ1v) is 7.39. The monoisotopic (exact) mass is 289 g/mol. The quantitative estimate of drug-likeness (QED) is 0.930. The molecule has 1 aromatic carbocycles. The molecule has 0 saturated heterocycles. The predicted octanol–water partition coefficient (Wildman–Crippen LogP) is 2.50. The molecule has 1 aliphatic carbocycles. The maximum atomic E-state index is 12.8. The number of fused-ring (bicyclic) bond motifs is 1. The van der Waals surface area contributed by atoms with E-state index in [-0.39, 0.29) is 18.4 Å². The van der Waals surface area contributed by atoms with Crippen LogP contribution in [0.5, 0.6) is 0 Å². The molecule has 0 heterocycles. The average molecular weight is 289 g/mol. The molecule has 0 fully saturated rings. The molecule has 0 aliphatic heterocycles. The van der Waals surface area contributed by atoms with Crippen molar-refractivity contribution in [3.63, 3.8) is 0 Å². The summed E-state index contributed by atoms with van der Waals surface area (Å²) >= 11 is 0. The van der Waals surface area contributed by atoms with Gasteiger partial charge in [-0.15, -0.1) is 0 Å². The Morgan fingerprint density at radius 2 is 1.86 bits per heavy atom. The molecule has 1 aromatic rings. The average Bonchev–Trinajstić information content (AvgIpc) is 2.42. The van der Waals surface area contributed by atoms with E-state index >= 15 is 0 Å². The number of nitrogens with zero attached hydrogens (tertiary/aromatic N) is 1. The zero-order chi connectivity index (χ0) is 15.6. The number of carbonyl (C=O) groups is 2. The lowest BCUT2D eigenvalue weighted by atomic mass is 9.82. The van der Waals surface area contributed by atoms with Crippen LogP contribution in [-0.2, 0) is 22.4 Å². The molecule has 4 nitrogen and oxygen atoms in total. The van der Waals surface area contributed by atoms with E-state index in [0.29, 0.717) is 6.42 Å². The third-order valence-electron chi connectivity index (χ3n) is 4.07. The molecule has 1 unspecified atom stereocenters. The lowest BCUT2D eigenvalue weighted by Gasteiger charge is -2.38. The van der Waals surface area contributed by atoms with E-state index in [1.807, 2.05) is 32.9 Å². The minimum absolute atomic E-state index is 0.0422. The summed E-state index contributed by atoms with van der Waals surface area (Å²) < 4.78 is 0. The summed E-state index contributed by atoms with van der Waals surface area (Å²) in [5, 5.41) is 9.06. The fourth-order valence-corrected chi connectivity index (χ4v) is 2.91. The van der Waals surface area contributed by atoms with Crippen molar-refractivity contribution in [2.24, 2.45) is 5.92 Å². The Labute approximate surface area is 125 Å². The third kappa shape index (κ3) is 3.63. The molecule has 114 valence electrons. The van der Waals surface area contributed by atoms with E-state index < -0.39 is 11.5 Å². The second-order valence-corrected chi connectivity index (χ2v) is 6.70. The summed E-state index contributed by atoms with van der Waals surface area (Å²) in [4.78, 5) is 25.3. The minimum atomic E-state index is -0.963. The standard InChI is InChI=1S/C17H23NO3/c1-17(2,3)18(11-15(19)20)16(21)14-9-8-12-6-4-5-7-13(12)10-14/h4-7,14H,8-11H2,1-3H3,(H,19,20). The van der Waals surface area contributed by atoms with Crippen molar-refractivity contribution < 1.29 is 14.7 Å². The van der Waals surface area contributed by atoms with Gasteiger partial charge in [-0.05, 0) is 51.2 Å². The molecule has 0 bridgehead atoms. The number of aliphatic carboxylic acids is 1. The van der Waals surface area contributed by atoms with Gasteiger partial charge in [0, 0.05) is 11.5 Å². The molecule has 1 N–H and O–H groups in total. The molecule has 0 aromatic heterocycles. The van der Waals surface area contributed by atoms with Crippen LogP contribution in [0.15, 0.2) is 24.3 Å². The first-order valence-electron chi connectivity index (χ1n) is 7.39. The Morgan fingerprint density at radius 1 is 1.24 bits per heavy atom. The Morgan fingerprint density at radius 3 is 2.43 bits per heavy atom. The van der Waals surface area contributed by atoms with Crippen LogP contribution in [0, 0.1) is 5.92 Å².